The number of halogens is 1. The molecule has 0 aromatic heterocycles. The molecular weight excluding hydrogens is 511 g/mol. The maximum Gasteiger partial charge on any atom is 0.194 e. The Bertz CT molecular complexity index is 803. The van der Waals surface area contributed by atoms with Crippen molar-refractivity contribution >= 4 is 39.8 Å². The lowest BCUT2D eigenvalue weighted by atomic mass is 10.1. The predicted molar refractivity (Wildman–Crippen MR) is 135 cm³/mol. The fourth-order valence-corrected chi connectivity index (χ4v) is 5.41. The third-order valence-electron chi connectivity index (χ3n) is 5.97. The normalized spacial score (nSPS) is 21.7. The van der Waals surface area contributed by atoms with Gasteiger partial charge in [0.15, 0.2) is 15.8 Å². The average molecular weight is 549 g/mol. The van der Waals surface area contributed by atoms with E-state index in [-0.39, 0.29) is 29.7 Å². The second-order valence-corrected chi connectivity index (χ2v) is 11.6. The molecule has 0 radical (unpaired) electrons. The van der Waals surface area contributed by atoms with Crippen molar-refractivity contribution in [3.05, 3.63) is 35.4 Å². The molecule has 6 nitrogen and oxygen atoms in total. The van der Waals surface area contributed by atoms with Gasteiger partial charge in [-0.3, -0.25) is 4.90 Å². The number of hydrogen-bond acceptors (Lipinski definition) is 4. The number of benzene rings is 1. The van der Waals surface area contributed by atoms with Crippen LogP contribution in [0.5, 0.6) is 0 Å². The highest BCUT2D eigenvalue weighted by atomic mass is 127. The minimum Gasteiger partial charge on any atom is -0.357 e. The van der Waals surface area contributed by atoms with Gasteiger partial charge in [0.1, 0.15) is 0 Å². The highest BCUT2D eigenvalue weighted by Crippen LogP contribution is 2.24. The molecule has 0 atom stereocenters. The van der Waals surface area contributed by atoms with E-state index < -0.39 is 14.6 Å². The molecule has 0 spiro atoms. The molecule has 170 valence electrons. The first-order chi connectivity index (χ1) is 13.8. The van der Waals surface area contributed by atoms with Crippen LogP contribution in [0.3, 0.4) is 0 Å². The number of hydrogen-bond donors (Lipinski definition) is 1. The lowest BCUT2D eigenvalue weighted by Crippen LogP contribution is -2.57. The first-order valence-electron chi connectivity index (χ1n) is 10.9. The molecule has 1 N–H and O–H groups in total. The van der Waals surface area contributed by atoms with E-state index in [1.165, 1.54) is 43.5 Å². The Morgan fingerprint density at radius 2 is 1.70 bits per heavy atom. The zero-order chi connectivity index (χ0) is 20.9. The summed E-state index contributed by atoms with van der Waals surface area (Å²) in [5.74, 6) is 0.975. The Hall–Kier alpha value is -0.870. The van der Waals surface area contributed by atoms with Gasteiger partial charge in [-0.1, -0.05) is 30.7 Å². The minimum atomic E-state index is -3.06. The van der Waals surface area contributed by atoms with Crippen molar-refractivity contribution in [2.75, 3.05) is 38.5 Å². The summed E-state index contributed by atoms with van der Waals surface area (Å²) in [7, 11) is -3.06. The van der Waals surface area contributed by atoms with Crippen LogP contribution in [0.1, 0.15) is 51.2 Å². The van der Waals surface area contributed by atoms with Crippen LogP contribution in [0.15, 0.2) is 29.3 Å². The molecule has 0 aliphatic carbocycles. The topological polar surface area (TPSA) is 65.0 Å². The molecule has 0 bridgehead atoms. The van der Waals surface area contributed by atoms with Crippen molar-refractivity contribution < 1.29 is 8.42 Å². The maximum atomic E-state index is 12.3. The summed E-state index contributed by atoms with van der Waals surface area (Å²) in [6.45, 7) is 11.4. The number of likely N-dealkylation sites (tertiary alicyclic amines) is 1. The summed E-state index contributed by atoms with van der Waals surface area (Å²) >= 11 is 0. The fourth-order valence-electron chi connectivity index (χ4n) is 4.04. The monoisotopic (exact) mass is 548 g/mol. The van der Waals surface area contributed by atoms with Gasteiger partial charge in [0, 0.05) is 26.2 Å². The van der Waals surface area contributed by atoms with E-state index >= 15 is 0 Å². The Labute approximate surface area is 199 Å². The first kappa shape index (κ1) is 25.4. The quantitative estimate of drug-likeness (QED) is 0.348. The van der Waals surface area contributed by atoms with Gasteiger partial charge in [-0.05, 0) is 57.8 Å². The summed E-state index contributed by atoms with van der Waals surface area (Å²) in [5.41, 5.74) is 2.53. The standard InChI is InChI=1S/C22H36N4O2S.HI/c1-4-23-21(26-14-15-29(27,28)22(2,3)18-26)24-16-19-8-10-20(11-9-19)17-25-12-6-5-7-13-25;/h8-11H,4-7,12-18H2,1-3H3,(H,23,24);1H. The maximum absolute atomic E-state index is 12.3. The Morgan fingerprint density at radius 1 is 1.07 bits per heavy atom. The van der Waals surface area contributed by atoms with Crippen LogP contribution in [0.25, 0.3) is 0 Å². The molecule has 0 amide bonds. The van der Waals surface area contributed by atoms with Gasteiger partial charge in [0.2, 0.25) is 0 Å². The van der Waals surface area contributed by atoms with E-state index in [0.29, 0.717) is 19.6 Å². The van der Waals surface area contributed by atoms with Gasteiger partial charge in [0.05, 0.1) is 17.0 Å². The smallest absolute Gasteiger partial charge is 0.194 e. The molecule has 30 heavy (non-hydrogen) atoms. The zero-order valence-corrected chi connectivity index (χ0v) is 21.7. The van der Waals surface area contributed by atoms with Crippen LogP contribution in [-0.4, -0.2) is 67.4 Å². The third-order valence-corrected chi connectivity index (χ3v) is 8.50. The van der Waals surface area contributed by atoms with Crippen molar-refractivity contribution in [2.45, 2.75) is 57.9 Å². The predicted octanol–water partition coefficient (Wildman–Crippen LogP) is 3.27. The summed E-state index contributed by atoms with van der Waals surface area (Å²) in [6, 6.07) is 8.75. The number of guanidine groups is 1. The largest absolute Gasteiger partial charge is 0.357 e. The van der Waals surface area contributed by atoms with Crippen LogP contribution in [0, 0.1) is 0 Å². The first-order valence-corrected chi connectivity index (χ1v) is 12.5. The SMILES string of the molecule is CCNC(=NCc1ccc(CN2CCCCC2)cc1)N1CCS(=O)(=O)C(C)(C)C1.I. The van der Waals surface area contributed by atoms with Crippen LogP contribution < -0.4 is 5.32 Å². The van der Waals surface area contributed by atoms with Crippen molar-refractivity contribution in [2.24, 2.45) is 4.99 Å². The van der Waals surface area contributed by atoms with Crippen LogP contribution in [0.2, 0.25) is 0 Å². The van der Waals surface area contributed by atoms with Gasteiger partial charge >= 0.3 is 0 Å². The molecule has 0 saturated carbocycles. The van der Waals surface area contributed by atoms with Gasteiger partial charge in [-0.25, -0.2) is 13.4 Å². The average Bonchev–Trinajstić information content (AvgIpc) is 2.69. The number of rotatable bonds is 5. The molecule has 2 heterocycles. The lowest BCUT2D eigenvalue weighted by molar-refractivity contribution is 0.221. The number of aliphatic imine (C=N–C) groups is 1. The minimum absolute atomic E-state index is 0. The van der Waals surface area contributed by atoms with E-state index in [4.69, 9.17) is 4.99 Å². The zero-order valence-electron chi connectivity index (χ0n) is 18.6. The molecule has 2 fully saturated rings. The lowest BCUT2D eigenvalue weighted by Gasteiger charge is -2.39. The Morgan fingerprint density at radius 3 is 2.30 bits per heavy atom. The van der Waals surface area contributed by atoms with Crippen LogP contribution in [-0.2, 0) is 22.9 Å². The van der Waals surface area contributed by atoms with Crippen LogP contribution >= 0.6 is 24.0 Å². The number of piperidine rings is 1. The molecule has 0 unspecified atom stereocenters. The van der Waals surface area contributed by atoms with Gasteiger partial charge in [-0.2, -0.15) is 0 Å². The summed E-state index contributed by atoms with van der Waals surface area (Å²) in [4.78, 5) is 9.40. The molecular formula is C22H37IN4O2S. The van der Waals surface area contributed by atoms with E-state index in [0.717, 1.165) is 19.0 Å². The molecule has 3 rings (SSSR count). The van der Waals surface area contributed by atoms with Crippen molar-refractivity contribution in [3.8, 4) is 0 Å². The fraction of sp³-hybridized carbons (Fsp3) is 0.682. The molecule has 2 aliphatic heterocycles. The molecule has 2 saturated heterocycles. The highest BCUT2D eigenvalue weighted by Gasteiger charge is 2.40. The number of nitrogens with one attached hydrogen (secondary N) is 1. The molecule has 2 aliphatic rings. The third kappa shape index (κ3) is 6.56. The number of nitrogens with zero attached hydrogens (tertiary/aromatic N) is 3. The number of sulfone groups is 1. The van der Waals surface area contributed by atoms with Crippen molar-refractivity contribution in [1.82, 2.24) is 15.1 Å². The Balaban J connectivity index is 0.00000320. The second-order valence-electron chi connectivity index (χ2n) is 8.82. The van der Waals surface area contributed by atoms with E-state index in [9.17, 15) is 8.42 Å². The molecule has 1 aromatic rings. The second kappa shape index (κ2) is 11.1. The van der Waals surface area contributed by atoms with E-state index in [1.807, 2.05) is 6.92 Å². The Kier molecular flexibility index (Phi) is 9.42. The van der Waals surface area contributed by atoms with Gasteiger partial charge in [-0.15, -0.1) is 24.0 Å². The van der Waals surface area contributed by atoms with E-state index in [2.05, 4.69) is 39.4 Å². The molecule has 8 heteroatoms. The van der Waals surface area contributed by atoms with Crippen molar-refractivity contribution in [1.29, 1.82) is 0 Å². The van der Waals surface area contributed by atoms with Gasteiger partial charge < -0.3 is 10.2 Å². The summed E-state index contributed by atoms with van der Waals surface area (Å²) < 4.78 is 23.8. The highest BCUT2D eigenvalue weighted by molar-refractivity contribution is 14.0. The van der Waals surface area contributed by atoms with Crippen LogP contribution in [0.4, 0.5) is 0 Å². The summed E-state index contributed by atoms with van der Waals surface area (Å²) in [6.07, 6.45) is 3.99. The molecule has 1 aromatic carbocycles. The van der Waals surface area contributed by atoms with Gasteiger partial charge in [0.25, 0.3) is 0 Å². The summed E-state index contributed by atoms with van der Waals surface area (Å²) in [5, 5.41) is 3.33. The van der Waals surface area contributed by atoms with E-state index in [1.54, 1.807) is 13.8 Å². The van der Waals surface area contributed by atoms with Crippen molar-refractivity contribution in [3.63, 3.8) is 0 Å².